The molecule has 2 N–H and O–H groups in total. The van der Waals surface area contributed by atoms with Gasteiger partial charge in [0.2, 0.25) is 0 Å². The second-order valence-electron chi connectivity index (χ2n) is 7.15. The molecule has 3 rings (SSSR count). The van der Waals surface area contributed by atoms with E-state index in [1.165, 1.54) is 11.1 Å². The van der Waals surface area contributed by atoms with Crippen LogP contribution < -0.4 is 10.6 Å². The number of nitrogens with zero attached hydrogens (tertiary/aromatic N) is 2. The van der Waals surface area contributed by atoms with Crippen LogP contribution in [0.3, 0.4) is 0 Å². The van der Waals surface area contributed by atoms with Crippen molar-refractivity contribution < 1.29 is 0 Å². The monoisotopic (exact) mass is 392 g/mol. The molecule has 3 aromatic rings. The van der Waals surface area contributed by atoms with E-state index in [4.69, 9.17) is 0 Å². The normalized spacial score (nSPS) is 10.1. The van der Waals surface area contributed by atoms with Crippen LogP contribution >= 0.6 is 0 Å². The number of anilines is 4. The molecule has 156 valence electrons. The van der Waals surface area contributed by atoms with E-state index < -0.39 is 0 Å². The lowest BCUT2D eigenvalue weighted by atomic mass is 9.86. The first-order valence-electron chi connectivity index (χ1n) is 10.4. The minimum Gasteiger partial charge on any atom is -0.351 e. The second-order valence-corrected chi connectivity index (χ2v) is 7.15. The standard InChI is InChI=1S/C21H24N4.2C2H6/c1-15-9-5-7-11-17(15)25-20-19(13-22-14-23-20)24-18-12-8-6-10-16(18)21(2,3)4;2*1-2/h5-14,24H,1-4H3,(H,22,23,25);2*1-2H3. The van der Waals surface area contributed by atoms with Crippen LogP contribution in [0.5, 0.6) is 0 Å². The fourth-order valence-corrected chi connectivity index (χ4v) is 2.75. The van der Waals surface area contributed by atoms with Crippen molar-refractivity contribution in [2.24, 2.45) is 0 Å². The molecule has 0 saturated heterocycles. The van der Waals surface area contributed by atoms with E-state index >= 15 is 0 Å². The van der Waals surface area contributed by atoms with Gasteiger partial charge in [0.1, 0.15) is 12.0 Å². The van der Waals surface area contributed by atoms with Crippen LogP contribution in [0.2, 0.25) is 0 Å². The Morgan fingerprint density at radius 2 is 1.31 bits per heavy atom. The number of aryl methyl sites for hydroxylation is 1. The minimum absolute atomic E-state index is 0.0445. The van der Waals surface area contributed by atoms with E-state index in [9.17, 15) is 0 Å². The first kappa shape index (κ1) is 24.2. The molecule has 0 fully saturated rings. The van der Waals surface area contributed by atoms with Crippen LogP contribution in [-0.2, 0) is 5.41 Å². The molecule has 0 bridgehead atoms. The molecule has 1 aromatic heterocycles. The summed E-state index contributed by atoms with van der Waals surface area (Å²) in [5, 5.41) is 6.91. The molecule has 2 aromatic carbocycles. The van der Waals surface area contributed by atoms with Crippen molar-refractivity contribution in [3.63, 3.8) is 0 Å². The van der Waals surface area contributed by atoms with Gasteiger partial charge in [0, 0.05) is 11.4 Å². The summed E-state index contributed by atoms with van der Waals surface area (Å²) >= 11 is 0. The van der Waals surface area contributed by atoms with E-state index in [2.05, 4.69) is 72.6 Å². The quantitative estimate of drug-likeness (QED) is 0.479. The highest BCUT2D eigenvalue weighted by Gasteiger charge is 2.18. The van der Waals surface area contributed by atoms with E-state index in [-0.39, 0.29) is 5.41 Å². The zero-order chi connectivity index (χ0) is 21.9. The average Bonchev–Trinajstić information content (AvgIpc) is 2.74. The molecule has 0 atom stereocenters. The van der Waals surface area contributed by atoms with Gasteiger partial charge in [0.25, 0.3) is 0 Å². The Morgan fingerprint density at radius 1 is 0.724 bits per heavy atom. The third-order valence-corrected chi connectivity index (χ3v) is 4.11. The maximum absolute atomic E-state index is 4.42. The number of hydrogen-bond acceptors (Lipinski definition) is 4. The van der Waals surface area contributed by atoms with Gasteiger partial charge in [-0.1, -0.05) is 84.9 Å². The van der Waals surface area contributed by atoms with Crippen molar-refractivity contribution in [2.45, 2.75) is 60.8 Å². The third-order valence-electron chi connectivity index (χ3n) is 4.11. The van der Waals surface area contributed by atoms with Crippen molar-refractivity contribution in [3.8, 4) is 0 Å². The lowest BCUT2D eigenvalue weighted by molar-refractivity contribution is 0.592. The molecule has 0 radical (unpaired) electrons. The zero-order valence-electron chi connectivity index (χ0n) is 19.2. The van der Waals surface area contributed by atoms with E-state index in [0.29, 0.717) is 0 Å². The summed E-state index contributed by atoms with van der Waals surface area (Å²) < 4.78 is 0. The molecule has 4 nitrogen and oxygen atoms in total. The molecule has 1 heterocycles. The first-order valence-corrected chi connectivity index (χ1v) is 10.4. The summed E-state index contributed by atoms with van der Waals surface area (Å²) in [4.78, 5) is 8.60. The van der Waals surface area contributed by atoms with Crippen LogP contribution in [0.25, 0.3) is 0 Å². The van der Waals surface area contributed by atoms with Crippen molar-refractivity contribution >= 4 is 22.9 Å². The SMILES string of the molecule is CC.CC.Cc1ccccc1Nc1ncncc1Nc1ccccc1C(C)(C)C. The van der Waals surface area contributed by atoms with E-state index in [1.807, 2.05) is 52.0 Å². The predicted molar refractivity (Wildman–Crippen MR) is 128 cm³/mol. The molecular formula is C25H36N4. The number of para-hydroxylation sites is 2. The Kier molecular flexibility index (Phi) is 9.87. The summed E-state index contributed by atoms with van der Waals surface area (Å²) in [5.74, 6) is 0.757. The van der Waals surface area contributed by atoms with Gasteiger partial charge in [-0.05, 0) is 35.6 Å². The second kappa shape index (κ2) is 11.8. The first-order chi connectivity index (χ1) is 13.9. The predicted octanol–water partition coefficient (Wildman–Crippen LogP) is 7.62. The number of benzene rings is 2. The summed E-state index contributed by atoms with van der Waals surface area (Å²) in [6, 6.07) is 16.5. The Hall–Kier alpha value is -2.88. The van der Waals surface area contributed by atoms with Gasteiger partial charge in [0.15, 0.2) is 5.82 Å². The molecule has 4 heteroatoms. The van der Waals surface area contributed by atoms with Crippen molar-refractivity contribution in [2.75, 3.05) is 10.6 Å². The Labute approximate surface area is 176 Å². The Bertz CT molecular complexity index is 866. The fourth-order valence-electron chi connectivity index (χ4n) is 2.75. The Balaban J connectivity index is 0.000000989. The van der Waals surface area contributed by atoms with Gasteiger partial charge in [-0.3, -0.25) is 0 Å². The van der Waals surface area contributed by atoms with Gasteiger partial charge in [0.05, 0.1) is 6.20 Å². The van der Waals surface area contributed by atoms with Crippen LogP contribution in [0.15, 0.2) is 61.1 Å². The molecule has 0 aliphatic carbocycles. The summed E-state index contributed by atoms with van der Waals surface area (Å²) in [6.07, 6.45) is 3.36. The third kappa shape index (κ3) is 6.90. The molecule has 0 spiro atoms. The van der Waals surface area contributed by atoms with Crippen molar-refractivity contribution in [3.05, 3.63) is 72.2 Å². The molecule has 0 aliphatic heterocycles. The van der Waals surface area contributed by atoms with Gasteiger partial charge < -0.3 is 10.6 Å². The van der Waals surface area contributed by atoms with Crippen LogP contribution in [0.4, 0.5) is 22.9 Å². The highest BCUT2D eigenvalue weighted by atomic mass is 15.1. The van der Waals surface area contributed by atoms with Gasteiger partial charge in [-0.15, -0.1) is 0 Å². The van der Waals surface area contributed by atoms with E-state index in [0.717, 1.165) is 22.9 Å². The summed E-state index contributed by atoms with van der Waals surface area (Å²) in [7, 11) is 0. The molecule has 29 heavy (non-hydrogen) atoms. The van der Waals surface area contributed by atoms with Crippen molar-refractivity contribution in [1.29, 1.82) is 0 Å². The largest absolute Gasteiger partial charge is 0.351 e. The smallest absolute Gasteiger partial charge is 0.157 e. The molecule has 0 amide bonds. The minimum atomic E-state index is 0.0445. The topological polar surface area (TPSA) is 49.8 Å². The number of hydrogen-bond donors (Lipinski definition) is 2. The average molecular weight is 393 g/mol. The Morgan fingerprint density at radius 3 is 1.93 bits per heavy atom. The zero-order valence-corrected chi connectivity index (χ0v) is 19.2. The molecule has 0 saturated carbocycles. The van der Waals surface area contributed by atoms with Crippen LogP contribution in [-0.4, -0.2) is 9.97 Å². The van der Waals surface area contributed by atoms with Gasteiger partial charge in [-0.25, -0.2) is 9.97 Å². The molecular weight excluding hydrogens is 356 g/mol. The maximum atomic E-state index is 4.42. The maximum Gasteiger partial charge on any atom is 0.157 e. The summed E-state index contributed by atoms with van der Waals surface area (Å²) in [5.41, 5.74) is 5.42. The van der Waals surface area contributed by atoms with E-state index in [1.54, 1.807) is 12.5 Å². The van der Waals surface area contributed by atoms with Gasteiger partial charge >= 0.3 is 0 Å². The number of nitrogens with one attached hydrogen (secondary N) is 2. The molecule has 0 aliphatic rings. The highest BCUT2D eigenvalue weighted by Crippen LogP contribution is 2.33. The summed E-state index contributed by atoms with van der Waals surface area (Å²) in [6.45, 7) is 16.7. The lowest BCUT2D eigenvalue weighted by Crippen LogP contribution is -2.14. The molecule has 0 unspecified atom stereocenters. The fraction of sp³-hybridized carbons (Fsp3) is 0.360. The lowest BCUT2D eigenvalue weighted by Gasteiger charge is -2.24. The van der Waals surface area contributed by atoms with Gasteiger partial charge in [-0.2, -0.15) is 0 Å². The van der Waals surface area contributed by atoms with Crippen molar-refractivity contribution in [1.82, 2.24) is 9.97 Å². The number of rotatable bonds is 4. The number of aromatic nitrogens is 2. The highest BCUT2D eigenvalue weighted by molar-refractivity contribution is 5.76. The van der Waals surface area contributed by atoms with Crippen LogP contribution in [0, 0.1) is 6.92 Å². The van der Waals surface area contributed by atoms with Crippen LogP contribution in [0.1, 0.15) is 59.6 Å².